The minimum Gasteiger partial charge on any atom is -0.371 e. The third-order valence-corrected chi connectivity index (χ3v) is 5.04. The molecule has 0 aromatic heterocycles. The summed E-state index contributed by atoms with van der Waals surface area (Å²) >= 11 is 0. The lowest BCUT2D eigenvalue weighted by Crippen LogP contribution is -2.36. The Bertz CT molecular complexity index is 281. The summed E-state index contributed by atoms with van der Waals surface area (Å²) in [6.07, 6.45) is 18.7. The van der Waals surface area contributed by atoms with Gasteiger partial charge < -0.3 is 4.90 Å². The van der Waals surface area contributed by atoms with E-state index < -0.39 is 0 Å². The number of piperidine rings is 1. The minimum atomic E-state index is 0.892. The molecule has 0 spiro atoms. The highest BCUT2D eigenvalue weighted by Crippen LogP contribution is 2.38. The summed E-state index contributed by atoms with van der Waals surface area (Å²) in [5.74, 6) is 0.904. The van der Waals surface area contributed by atoms with Crippen LogP contribution in [0.4, 0.5) is 0 Å². The Morgan fingerprint density at radius 2 is 1.59 bits per heavy atom. The fourth-order valence-electron chi connectivity index (χ4n) is 4.11. The van der Waals surface area contributed by atoms with E-state index in [4.69, 9.17) is 0 Å². The zero-order chi connectivity index (χ0) is 11.5. The molecule has 1 heteroatoms. The van der Waals surface area contributed by atoms with E-state index >= 15 is 0 Å². The standard InChI is InChI=1S/C16H27N/c1-2-4-6-11-16-14(9-5-3-1)13-15-10-7-8-12-17(15)16/h13-14,16H,1-12H2. The van der Waals surface area contributed by atoms with Gasteiger partial charge in [-0.2, -0.15) is 0 Å². The summed E-state index contributed by atoms with van der Waals surface area (Å²) in [5, 5.41) is 0. The Morgan fingerprint density at radius 3 is 2.47 bits per heavy atom. The number of allylic oxidation sites excluding steroid dienone is 1. The van der Waals surface area contributed by atoms with Gasteiger partial charge in [0.25, 0.3) is 0 Å². The lowest BCUT2D eigenvalue weighted by atomic mass is 9.89. The smallest absolute Gasteiger partial charge is 0.0350 e. The van der Waals surface area contributed by atoms with Gasteiger partial charge in [-0.1, -0.05) is 44.6 Å². The van der Waals surface area contributed by atoms with Gasteiger partial charge in [0.1, 0.15) is 0 Å². The first-order valence-electron chi connectivity index (χ1n) is 7.92. The van der Waals surface area contributed by atoms with Gasteiger partial charge in [-0.25, -0.2) is 0 Å². The molecule has 3 rings (SSSR count). The minimum absolute atomic E-state index is 0.892. The lowest BCUT2D eigenvalue weighted by Gasteiger charge is -2.36. The maximum atomic E-state index is 2.79. The van der Waals surface area contributed by atoms with Crippen molar-refractivity contribution >= 4 is 0 Å². The molecule has 1 saturated heterocycles. The monoisotopic (exact) mass is 233 g/mol. The fraction of sp³-hybridized carbons (Fsp3) is 0.875. The molecular weight excluding hydrogens is 206 g/mol. The summed E-state index contributed by atoms with van der Waals surface area (Å²) in [6.45, 7) is 1.35. The summed E-state index contributed by atoms with van der Waals surface area (Å²) < 4.78 is 0. The summed E-state index contributed by atoms with van der Waals surface area (Å²) in [5.41, 5.74) is 1.71. The molecule has 1 aliphatic carbocycles. The van der Waals surface area contributed by atoms with Crippen LogP contribution in [0.5, 0.6) is 0 Å². The van der Waals surface area contributed by atoms with Crippen LogP contribution < -0.4 is 0 Å². The zero-order valence-electron chi connectivity index (χ0n) is 11.2. The Morgan fingerprint density at radius 1 is 0.824 bits per heavy atom. The van der Waals surface area contributed by atoms with Gasteiger partial charge in [0.15, 0.2) is 0 Å². The second-order valence-electron chi connectivity index (χ2n) is 6.24. The Kier molecular flexibility index (Phi) is 3.73. The van der Waals surface area contributed by atoms with E-state index in [0.29, 0.717) is 0 Å². The molecule has 0 radical (unpaired) electrons. The first-order chi connectivity index (χ1) is 8.45. The predicted molar refractivity (Wildman–Crippen MR) is 72.9 cm³/mol. The molecular formula is C16H27N. The van der Waals surface area contributed by atoms with Crippen molar-refractivity contribution in [3.05, 3.63) is 11.8 Å². The molecule has 0 aromatic rings. The predicted octanol–water partition coefficient (Wildman–Crippen LogP) is 4.49. The van der Waals surface area contributed by atoms with Crippen molar-refractivity contribution in [2.45, 2.75) is 76.7 Å². The average molecular weight is 233 g/mol. The van der Waals surface area contributed by atoms with E-state index in [0.717, 1.165) is 12.0 Å². The average Bonchev–Trinajstić information content (AvgIpc) is 2.72. The Balaban J connectivity index is 1.70. The molecule has 0 N–H and O–H groups in total. The number of rotatable bonds is 0. The third kappa shape index (κ3) is 2.53. The van der Waals surface area contributed by atoms with Crippen molar-refractivity contribution in [3.63, 3.8) is 0 Å². The van der Waals surface area contributed by atoms with Crippen molar-refractivity contribution in [2.24, 2.45) is 5.92 Å². The first-order valence-corrected chi connectivity index (χ1v) is 7.92. The van der Waals surface area contributed by atoms with Crippen molar-refractivity contribution in [1.82, 2.24) is 4.90 Å². The van der Waals surface area contributed by atoms with Crippen molar-refractivity contribution in [1.29, 1.82) is 0 Å². The largest absolute Gasteiger partial charge is 0.371 e. The van der Waals surface area contributed by atoms with Crippen LogP contribution in [0, 0.1) is 5.92 Å². The van der Waals surface area contributed by atoms with Gasteiger partial charge in [-0.15, -0.1) is 0 Å². The molecule has 3 aliphatic rings. The van der Waals surface area contributed by atoms with E-state index in [9.17, 15) is 0 Å². The molecule has 2 aliphatic heterocycles. The molecule has 2 fully saturated rings. The van der Waals surface area contributed by atoms with E-state index in [-0.39, 0.29) is 0 Å². The quantitative estimate of drug-likeness (QED) is 0.596. The highest BCUT2D eigenvalue weighted by Gasteiger charge is 2.34. The second kappa shape index (κ2) is 5.46. The molecule has 1 nitrogen and oxygen atoms in total. The van der Waals surface area contributed by atoms with Crippen LogP contribution in [0.25, 0.3) is 0 Å². The van der Waals surface area contributed by atoms with Crippen LogP contribution in [-0.2, 0) is 0 Å². The van der Waals surface area contributed by atoms with Crippen molar-refractivity contribution in [3.8, 4) is 0 Å². The summed E-state index contributed by atoms with van der Waals surface area (Å²) in [4.78, 5) is 2.79. The van der Waals surface area contributed by atoms with Gasteiger partial charge in [-0.05, 0) is 38.0 Å². The molecule has 96 valence electrons. The van der Waals surface area contributed by atoms with Crippen molar-refractivity contribution < 1.29 is 0 Å². The SMILES string of the molecule is C1=C2CCCCN2C2CCCCCCCCC12. The van der Waals surface area contributed by atoms with E-state index in [2.05, 4.69) is 11.0 Å². The third-order valence-electron chi connectivity index (χ3n) is 5.04. The first kappa shape index (κ1) is 11.6. The zero-order valence-corrected chi connectivity index (χ0v) is 11.2. The van der Waals surface area contributed by atoms with Crippen LogP contribution in [0.2, 0.25) is 0 Å². The lowest BCUT2D eigenvalue weighted by molar-refractivity contribution is 0.187. The maximum Gasteiger partial charge on any atom is 0.0350 e. The highest BCUT2D eigenvalue weighted by atomic mass is 15.2. The second-order valence-corrected chi connectivity index (χ2v) is 6.24. The molecule has 2 unspecified atom stereocenters. The van der Waals surface area contributed by atoms with Crippen molar-refractivity contribution in [2.75, 3.05) is 6.54 Å². The van der Waals surface area contributed by atoms with Gasteiger partial charge in [0, 0.05) is 18.3 Å². The normalized spacial score (nSPS) is 34.8. The van der Waals surface area contributed by atoms with Gasteiger partial charge >= 0.3 is 0 Å². The Hall–Kier alpha value is -0.460. The number of nitrogens with zero attached hydrogens (tertiary/aromatic N) is 1. The summed E-state index contributed by atoms with van der Waals surface area (Å²) in [6, 6.07) is 0.892. The highest BCUT2D eigenvalue weighted by molar-refractivity contribution is 5.16. The van der Waals surface area contributed by atoms with Gasteiger partial charge in [0.05, 0.1) is 0 Å². The van der Waals surface area contributed by atoms with Gasteiger partial charge in [0.2, 0.25) is 0 Å². The topological polar surface area (TPSA) is 3.24 Å². The molecule has 17 heavy (non-hydrogen) atoms. The molecule has 2 atom stereocenters. The molecule has 2 heterocycles. The Labute approximate surface area is 106 Å². The van der Waals surface area contributed by atoms with E-state index in [1.54, 1.807) is 5.70 Å². The summed E-state index contributed by atoms with van der Waals surface area (Å²) in [7, 11) is 0. The number of fused-ring (bicyclic) bond motifs is 3. The van der Waals surface area contributed by atoms with Crippen LogP contribution in [0.1, 0.15) is 70.6 Å². The number of hydrogen-bond acceptors (Lipinski definition) is 1. The molecule has 1 saturated carbocycles. The maximum absolute atomic E-state index is 2.79. The molecule has 0 aromatic carbocycles. The van der Waals surface area contributed by atoms with Crippen LogP contribution in [0.3, 0.4) is 0 Å². The van der Waals surface area contributed by atoms with Gasteiger partial charge in [-0.3, -0.25) is 0 Å². The van der Waals surface area contributed by atoms with Crippen LogP contribution >= 0.6 is 0 Å². The van der Waals surface area contributed by atoms with E-state index in [1.165, 1.54) is 77.2 Å². The van der Waals surface area contributed by atoms with E-state index in [1.807, 2.05) is 0 Å². The fourth-order valence-corrected chi connectivity index (χ4v) is 4.11. The molecule has 0 bridgehead atoms. The number of hydrogen-bond donors (Lipinski definition) is 0. The van der Waals surface area contributed by atoms with Crippen LogP contribution in [0.15, 0.2) is 11.8 Å². The van der Waals surface area contributed by atoms with Crippen LogP contribution in [-0.4, -0.2) is 17.5 Å². The molecule has 0 amide bonds.